The Morgan fingerprint density at radius 1 is 0.909 bits per heavy atom. The van der Waals surface area contributed by atoms with Gasteiger partial charge < -0.3 is 0 Å². The summed E-state index contributed by atoms with van der Waals surface area (Å²) in [5.41, 5.74) is 0.557. The number of nitrogens with one attached hydrogen (secondary N) is 1. The first kappa shape index (κ1) is 14.3. The lowest BCUT2D eigenvalue weighted by Gasteiger charge is -2.17. The molecule has 22 heavy (non-hydrogen) atoms. The van der Waals surface area contributed by atoms with Gasteiger partial charge in [-0.15, -0.1) is 0 Å². The molecule has 1 aliphatic heterocycles. The average molecular weight is 317 g/mol. The van der Waals surface area contributed by atoms with E-state index in [1.165, 1.54) is 42.5 Å². The highest BCUT2D eigenvalue weighted by molar-refractivity contribution is 7.82. The number of urea groups is 1. The van der Waals surface area contributed by atoms with E-state index in [1.807, 2.05) is 0 Å². The van der Waals surface area contributed by atoms with Crippen LogP contribution in [0.3, 0.4) is 0 Å². The molecule has 1 N–H and O–H groups in total. The molecule has 0 bridgehead atoms. The first-order valence-electron chi connectivity index (χ1n) is 6.27. The van der Waals surface area contributed by atoms with Crippen molar-refractivity contribution in [1.29, 1.82) is 5.41 Å². The number of amides is 2. The lowest BCUT2D eigenvalue weighted by molar-refractivity contribution is 0.257. The Kier molecular flexibility index (Phi) is 3.42. The first-order chi connectivity index (χ1) is 10.5. The standard InChI is InChI=1S/C15H9F2N3OS/c16-9-4-6-11(7-5-9)19-13(18)14(22)20(15(19)21)12-3-1-2-10(17)8-12/h1-8,18H. The molecule has 1 fully saturated rings. The molecule has 0 aromatic heterocycles. The topological polar surface area (TPSA) is 47.4 Å². The maximum atomic E-state index is 13.3. The molecule has 2 aromatic rings. The number of halogens is 2. The monoisotopic (exact) mass is 317 g/mol. The number of carbonyl (C=O) groups is 1. The minimum atomic E-state index is -0.604. The normalized spacial score (nSPS) is 14.9. The summed E-state index contributed by atoms with van der Waals surface area (Å²) < 4.78 is 26.3. The van der Waals surface area contributed by atoms with Crippen LogP contribution < -0.4 is 9.80 Å². The molecule has 1 saturated heterocycles. The van der Waals surface area contributed by atoms with Crippen LogP contribution in [0.15, 0.2) is 48.5 Å². The van der Waals surface area contributed by atoms with Crippen LogP contribution in [0.4, 0.5) is 25.0 Å². The zero-order valence-electron chi connectivity index (χ0n) is 11.1. The second kappa shape index (κ2) is 5.27. The molecule has 0 saturated carbocycles. The Morgan fingerprint density at radius 3 is 2.23 bits per heavy atom. The second-order valence-electron chi connectivity index (χ2n) is 4.56. The lowest BCUT2D eigenvalue weighted by Crippen LogP contribution is -2.33. The molecule has 4 nitrogen and oxygen atoms in total. The number of benzene rings is 2. The summed E-state index contributed by atoms with van der Waals surface area (Å²) in [6.45, 7) is 0. The molecule has 2 aromatic carbocycles. The van der Waals surface area contributed by atoms with Crippen molar-refractivity contribution in [1.82, 2.24) is 0 Å². The van der Waals surface area contributed by atoms with Crippen LogP contribution in [-0.2, 0) is 0 Å². The molecule has 0 atom stereocenters. The van der Waals surface area contributed by atoms with Gasteiger partial charge in [-0.1, -0.05) is 18.3 Å². The molecule has 1 heterocycles. The van der Waals surface area contributed by atoms with Gasteiger partial charge in [-0.25, -0.2) is 23.4 Å². The van der Waals surface area contributed by atoms with Crippen molar-refractivity contribution >= 4 is 40.4 Å². The van der Waals surface area contributed by atoms with E-state index in [0.29, 0.717) is 5.69 Å². The highest BCUT2D eigenvalue weighted by Gasteiger charge is 2.40. The summed E-state index contributed by atoms with van der Waals surface area (Å²) in [6.07, 6.45) is 0. The molecule has 0 radical (unpaired) electrons. The summed E-state index contributed by atoms with van der Waals surface area (Å²) in [7, 11) is 0. The summed E-state index contributed by atoms with van der Waals surface area (Å²) >= 11 is 5.11. The number of hydrogen-bond donors (Lipinski definition) is 1. The first-order valence-corrected chi connectivity index (χ1v) is 6.68. The minimum Gasteiger partial charge on any atom is -0.281 e. The molecule has 0 aliphatic carbocycles. The van der Waals surface area contributed by atoms with Gasteiger partial charge in [0.1, 0.15) is 11.6 Å². The van der Waals surface area contributed by atoms with E-state index >= 15 is 0 Å². The summed E-state index contributed by atoms with van der Waals surface area (Å²) in [6, 6.07) is 9.89. The smallest absolute Gasteiger partial charge is 0.281 e. The molecule has 3 rings (SSSR count). The number of hydrogen-bond acceptors (Lipinski definition) is 3. The van der Waals surface area contributed by atoms with Crippen molar-refractivity contribution in [3.05, 3.63) is 60.2 Å². The third-order valence-electron chi connectivity index (χ3n) is 3.16. The molecular weight excluding hydrogens is 308 g/mol. The van der Waals surface area contributed by atoms with Crippen LogP contribution in [-0.4, -0.2) is 16.9 Å². The fraction of sp³-hybridized carbons (Fsp3) is 0. The Labute approximate surface area is 130 Å². The predicted octanol–water partition coefficient (Wildman–Crippen LogP) is 3.72. The van der Waals surface area contributed by atoms with Crippen molar-refractivity contribution in [2.45, 2.75) is 0 Å². The summed E-state index contributed by atoms with van der Waals surface area (Å²) in [4.78, 5) is 14.6. The van der Waals surface area contributed by atoms with Crippen LogP contribution in [0.2, 0.25) is 0 Å². The van der Waals surface area contributed by atoms with Crippen molar-refractivity contribution in [2.24, 2.45) is 0 Å². The third-order valence-corrected chi connectivity index (χ3v) is 3.54. The SMILES string of the molecule is N=C1C(=S)N(c2cccc(F)c2)C(=O)N1c1ccc(F)cc1. The zero-order valence-corrected chi connectivity index (χ0v) is 11.9. The van der Waals surface area contributed by atoms with E-state index in [1.54, 1.807) is 0 Å². The fourth-order valence-corrected chi connectivity index (χ4v) is 2.43. The van der Waals surface area contributed by atoms with Gasteiger partial charge in [0.15, 0.2) is 10.8 Å². The molecule has 0 spiro atoms. The van der Waals surface area contributed by atoms with Crippen LogP contribution in [0.25, 0.3) is 0 Å². The van der Waals surface area contributed by atoms with Gasteiger partial charge in [-0.3, -0.25) is 5.41 Å². The lowest BCUT2D eigenvalue weighted by atomic mass is 10.3. The van der Waals surface area contributed by atoms with Crippen LogP contribution in [0, 0.1) is 17.0 Å². The van der Waals surface area contributed by atoms with Gasteiger partial charge in [-0.05, 0) is 42.5 Å². The Hall–Kier alpha value is -2.67. The summed E-state index contributed by atoms with van der Waals surface area (Å²) in [5, 5.41) is 8.00. The quantitative estimate of drug-likeness (QED) is 0.858. The van der Waals surface area contributed by atoms with E-state index in [9.17, 15) is 13.6 Å². The fourth-order valence-electron chi connectivity index (χ4n) is 2.16. The van der Waals surface area contributed by atoms with Crippen molar-refractivity contribution in [3.63, 3.8) is 0 Å². The molecule has 0 unspecified atom stereocenters. The van der Waals surface area contributed by atoms with Crippen LogP contribution >= 0.6 is 12.2 Å². The van der Waals surface area contributed by atoms with Gasteiger partial charge in [0.25, 0.3) is 0 Å². The number of nitrogens with zero attached hydrogens (tertiary/aromatic N) is 2. The van der Waals surface area contributed by atoms with Gasteiger partial charge in [0.05, 0.1) is 11.4 Å². The highest BCUT2D eigenvalue weighted by Crippen LogP contribution is 2.28. The zero-order chi connectivity index (χ0) is 15.9. The van der Waals surface area contributed by atoms with E-state index in [4.69, 9.17) is 17.6 Å². The van der Waals surface area contributed by atoms with E-state index < -0.39 is 17.7 Å². The molecule has 2 amide bonds. The van der Waals surface area contributed by atoms with Gasteiger partial charge in [-0.2, -0.15) is 0 Å². The summed E-state index contributed by atoms with van der Waals surface area (Å²) in [5.74, 6) is -1.18. The Morgan fingerprint density at radius 2 is 1.59 bits per heavy atom. The maximum Gasteiger partial charge on any atom is 0.340 e. The minimum absolute atomic E-state index is 0.0417. The average Bonchev–Trinajstić information content (AvgIpc) is 2.71. The Balaban J connectivity index is 2.02. The molecule has 1 aliphatic rings. The van der Waals surface area contributed by atoms with Crippen molar-refractivity contribution in [3.8, 4) is 0 Å². The maximum absolute atomic E-state index is 13.3. The number of anilines is 2. The number of amidine groups is 1. The van der Waals surface area contributed by atoms with Crippen LogP contribution in [0.1, 0.15) is 0 Å². The predicted molar refractivity (Wildman–Crippen MR) is 83.5 cm³/mol. The molecule has 110 valence electrons. The van der Waals surface area contributed by atoms with Gasteiger partial charge in [0, 0.05) is 0 Å². The third kappa shape index (κ3) is 2.25. The molecular formula is C15H9F2N3OS. The second-order valence-corrected chi connectivity index (χ2v) is 4.95. The van der Waals surface area contributed by atoms with Crippen LogP contribution in [0.5, 0.6) is 0 Å². The number of carbonyl (C=O) groups excluding carboxylic acids is 1. The number of thiocarbonyl (C=S) groups is 1. The van der Waals surface area contributed by atoms with Gasteiger partial charge in [0.2, 0.25) is 0 Å². The van der Waals surface area contributed by atoms with Crippen molar-refractivity contribution in [2.75, 3.05) is 9.80 Å². The number of rotatable bonds is 2. The van der Waals surface area contributed by atoms with E-state index in [-0.39, 0.29) is 16.5 Å². The Bertz CT molecular complexity index is 792. The largest absolute Gasteiger partial charge is 0.340 e. The van der Waals surface area contributed by atoms with E-state index in [0.717, 1.165) is 15.9 Å². The highest BCUT2D eigenvalue weighted by atomic mass is 32.1. The molecule has 7 heteroatoms. The van der Waals surface area contributed by atoms with E-state index in [2.05, 4.69) is 0 Å². The van der Waals surface area contributed by atoms with Crippen molar-refractivity contribution < 1.29 is 13.6 Å². The van der Waals surface area contributed by atoms with Gasteiger partial charge >= 0.3 is 6.03 Å².